The number of hydrogen-bond donors (Lipinski definition) is 1. The van der Waals surface area contributed by atoms with Crippen LogP contribution in [0.2, 0.25) is 0 Å². The van der Waals surface area contributed by atoms with Gasteiger partial charge in [-0.3, -0.25) is 14.6 Å². The number of aliphatic hydroxyl groups is 1. The zero-order chi connectivity index (χ0) is 15.8. The molecule has 1 aromatic carbocycles. The van der Waals surface area contributed by atoms with Gasteiger partial charge in [-0.05, 0) is 12.5 Å². The molecule has 5 heteroatoms. The van der Waals surface area contributed by atoms with Crippen LogP contribution in [0.15, 0.2) is 30.3 Å². The number of carbonyl (C=O) groups is 1. The maximum atomic E-state index is 12.2. The number of piperazine rings is 1. The minimum atomic E-state index is 0.0322. The third-order valence-corrected chi connectivity index (χ3v) is 4.18. The largest absolute Gasteiger partial charge is 0.395 e. The van der Waals surface area contributed by atoms with Crippen molar-refractivity contribution in [2.45, 2.75) is 13.5 Å². The molecule has 0 aliphatic carbocycles. The second-order valence-corrected chi connectivity index (χ2v) is 5.73. The van der Waals surface area contributed by atoms with Crippen molar-refractivity contribution in [3.63, 3.8) is 0 Å². The first-order valence-corrected chi connectivity index (χ1v) is 8.10. The van der Waals surface area contributed by atoms with Gasteiger partial charge in [-0.25, -0.2) is 0 Å². The minimum absolute atomic E-state index is 0.0322. The Morgan fingerprint density at radius 2 is 1.77 bits per heavy atom. The molecule has 1 aromatic rings. The van der Waals surface area contributed by atoms with E-state index in [1.165, 1.54) is 5.56 Å². The van der Waals surface area contributed by atoms with Crippen molar-refractivity contribution >= 4 is 5.91 Å². The van der Waals surface area contributed by atoms with Gasteiger partial charge < -0.3 is 10.0 Å². The summed E-state index contributed by atoms with van der Waals surface area (Å²) in [5, 5.41) is 8.98. The number of benzene rings is 1. The highest BCUT2D eigenvalue weighted by Crippen LogP contribution is 2.08. The minimum Gasteiger partial charge on any atom is -0.395 e. The SMILES string of the molecule is CCN(CCO)C(=O)CN1CCN(Cc2ccccc2)CC1. The molecule has 5 nitrogen and oxygen atoms in total. The Morgan fingerprint density at radius 3 is 2.36 bits per heavy atom. The number of nitrogens with zero attached hydrogens (tertiary/aromatic N) is 3. The average Bonchev–Trinajstić information content (AvgIpc) is 2.55. The van der Waals surface area contributed by atoms with Crippen LogP contribution in [0.5, 0.6) is 0 Å². The Hall–Kier alpha value is -1.43. The molecular formula is C17H27N3O2. The van der Waals surface area contributed by atoms with Gasteiger partial charge in [0.25, 0.3) is 0 Å². The molecule has 0 atom stereocenters. The fourth-order valence-electron chi connectivity index (χ4n) is 2.82. The molecule has 22 heavy (non-hydrogen) atoms. The Kier molecular flexibility index (Phi) is 6.83. The first-order valence-electron chi connectivity index (χ1n) is 8.10. The van der Waals surface area contributed by atoms with Gasteiger partial charge in [-0.15, -0.1) is 0 Å². The van der Waals surface area contributed by atoms with E-state index in [1.807, 2.05) is 13.0 Å². The summed E-state index contributed by atoms with van der Waals surface area (Å²) in [6, 6.07) is 10.5. The third kappa shape index (κ3) is 5.09. The second kappa shape index (κ2) is 8.88. The van der Waals surface area contributed by atoms with Gasteiger partial charge >= 0.3 is 0 Å². The fourth-order valence-corrected chi connectivity index (χ4v) is 2.82. The molecule has 1 amide bonds. The van der Waals surface area contributed by atoms with E-state index in [1.54, 1.807) is 4.90 Å². The van der Waals surface area contributed by atoms with Crippen molar-refractivity contribution in [2.24, 2.45) is 0 Å². The number of aliphatic hydroxyl groups excluding tert-OH is 1. The summed E-state index contributed by atoms with van der Waals surface area (Å²) in [7, 11) is 0. The summed E-state index contributed by atoms with van der Waals surface area (Å²) in [6.07, 6.45) is 0. The summed E-state index contributed by atoms with van der Waals surface area (Å²) in [6.45, 7) is 8.36. The maximum absolute atomic E-state index is 12.2. The topological polar surface area (TPSA) is 47.0 Å². The lowest BCUT2D eigenvalue weighted by Crippen LogP contribution is -2.50. The Balaban J connectivity index is 1.74. The van der Waals surface area contributed by atoms with Crippen molar-refractivity contribution in [3.05, 3.63) is 35.9 Å². The predicted octanol–water partition coefficient (Wildman–Crippen LogP) is 0.645. The van der Waals surface area contributed by atoms with Crippen molar-refractivity contribution in [1.29, 1.82) is 0 Å². The van der Waals surface area contributed by atoms with Gasteiger partial charge in [-0.1, -0.05) is 30.3 Å². The Labute approximate surface area is 133 Å². The van der Waals surface area contributed by atoms with Crippen LogP contribution >= 0.6 is 0 Å². The molecule has 1 aliphatic rings. The molecule has 0 radical (unpaired) electrons. The zero-order valence-electron chi connectivity index (χ0n) is 13.4. The molecule has 2 rings (SSSR count). The average molecular weight is 305 g/mol. The van der Waals surface area contributed by atoms with Gasteiger partial charge in [-0.2, -0.15) is 0 Å². The lowest BCUT2D eigenvalue weighted by Gasteiger charge is -2.35. The van der Waals surface area contributed by atoms with Gasteiger partial charge in [0.2, 0.25) is 5.91 Å². The molecule has 122 valence electrons. The van der Waals surface area contributed by atoms with Crippen LogP contribution in [0.4, 0.5) is 0 Å². The third-order valence-electron chi connectivity index (χ3n) is 4.18. The Bertz CT molecular complexity index is 444. The number of amides is 1. The van der Waals surface area contributed by atoms with Gasteiger partial charge in [0, 0.05) is 45.8 Å². The zero-order valence-corrected chi connectivity index (χ0v) is 13.4. The number of carbonyl (C=O) groups excluding carboxylic acids is 1. The van der Waals surface area contributed by atoms with E-state index in [2.05, 4.69) is 34.1 Å². The van der Waals surface area contributed by atoms with E-state index in [0.29, 0.717) is 19.6 Å². The molecule has 0 bridgehead atoms. The summed E-state index contributed by atoms with van der Waals surface area (Å²) < 4.78 is 0. The first-order chi connectivity index (χ1) is 10.7. The maximum Gasteiger partial charge on any atom is 0.236 e. The molecule has 1 fully saturated rings. The molecule has 0 aromatic heterocycles. The molecular weight excluding hydrogens is 278 g/mol. The number of hydrogen-bond acceptors (Lipinski definition) is 4. The van der Waals surface area contributed by atoms with Crippen molar-refractivity contribution in [1.82, 2.24) is 14.7 Å². The number of likely N-dealkylation sites (N-methyl/N-ethyl adjacent to an activating group) is 1. The van der Waals surface area contributed by atoms with E-state index in [9.17, 15) is 4.79 Å². The van der Waals surface area contributed by atoms with Crippen LogP contribution in [0.25, 0.3) is 0 Å². The lowest BCUT2D eigenvalue weighted by atomic mass is 10.2. The van der Waals surface area contributed by atoms with Crippen LogP contribution in [-0.4, -0.2) is 78.1 Å². The number of rotatable bonds is 7. The fraction of sp³-hybridized carbons (Fsp3) is 0.588. The predicted molar refractivity (Wildman–Crippen MR) is 87.5 cm³/mol. The van der Waals surface area contributed by atoms with Crippen molar-refractivity contribution in [2.75, 3.05) is 52.4 Å². The summed E-state index contributed by atoms with van der Waals surface area (Å²) in [4.78, 5) is 18.5. The smallest absolute Gasteiger partial charge is 0.236 e. The molecule has 1 aliphatic heterocycles. The van der Waals surface area contributed by atoms with Crippen molar-refractivity contribution in [3.8, 4) is 0 Å². The van der Waals surface area contributed by atoms with Crippen LogP contribution in [0.3, 0.4) is 0 Å². The normalized spacial score (nSPS) is 16.6. The summed E-state index contributed by atoms with van der Waals surface area (Å²) in [5.41, 5.74) is 1.34. The Morgan fingerprint density at radius 1 is 1.14 bits per heavy atom. The molecule has 1 N–H and O–H groups in total. The van der Waals surface area contributed by atoms with E-state index in [0.717, 1.165) is 32.7 Å². The highest BCUT2D eigenvalue weighted by Gasteiger charge is 2.21. The van der Waals surface area contributed by atoms with Crippen molar-refractivity contribution < 1.29 is 9.90 Å². The van der Waals surface area contributed by atoms with Crippen LogP contribution in [0.1, 0.15) is 12.5 Å². The standard InChI is InChI=1S/C17H27N3O2/c1-2-20(12-13-21)17(22)15-19-10-8-18(9-11-19)14-16-6-4-3-5-7-16/h3-7,21H,2,8-15H2,1H3. The van der Waals surface area contributed by atoms with Crippen LogP contribution < -0.4 is 0 Å². The molecule has 1 heterocycles. The second-order valence-electron chi connectivity index (χ2n) is 5.73. The highest BCUT2D eigenvalue weighted by atomic mass is 16.3. The highest BCUT2D eigenvalue weighted by molar-refractivity contribution is 5.78. The summed E-state index contributed by atoms with van der Waals surface area (Å²) >= 11 is 0. The molecule has 0 spiro atoms. The van der Waals surface area contributed by atoms with Crippen LogP contribution in [0, 0.1) is 0 Å². The lowest BCUT2D eigenvalue weighted by molar-refractivity contribution is -0.133. The van der Waals surface area contributed by atoms with Gasteiger partial charge in [0.05, 0.1) is 13.2 Å². The monoisotopic (exact) mass is 305 g/mol. The van der Waals surface area contributed by atoms with Crippen LogP contribution in [-0.2, 0) is 11.3 Å². The first kappa shape index (κ1) is 16.9. The van der Waals surface area contributed by atoms with Gasteiger partial charge in [0.1, 0.15) is 0 Å². The van der Waals surface area contributed by atoms with E-state index < -0.39 is 0 Å². The molecule has 0 saturated carbocycles. The van der Waals surface area contributed by atoms with Gasteiger partial charge in [0.15, 0.2) is 0 Å². The molecule has 0 unspecified atom stereocenters. The summed E-state index contributed by atoms with van der Waals surface area (Å²) in [5.74, 6) is 0.119. The quantitative estimate of drug-likeness (QED) is 0.803. The van der Waals surface area contributed by atoms with E-state index in [4.69, 9.17) is 5.11 Å². The van der Waals surface area contributed by atoms with E-state index >= 15 is 0 Å². The van der Waals surface area contributed by atoms with E-state index in [-0.39, 0.29) is 12.5 Å². The molecule has 1 saturated heterocycles.